The molecule has 0 aromatic heterocycles. The Kier molecular flexibility index (Phi) is 51.6. The maximum atomic E-state index is 2.31. The smallest absolute Gasteiger partial charge is 0 e. The fourth-order valence-corrected chi connectivity index (χ4v) is 0. The van der Waals surface area contributed by atoms with Gasteiger partial charge in [0.05, 0.1) is 0 Å². The topological polar surface area (TPSA) is 0 Å². The van der Waals surface area contributed by atoms with Crippen LogP contribution in [-0.2, 0) is 37.7 Å². The molecule has 0 amide bonds. The second-order valence-corrected chi connectivity index (χ2v) is 6.18. The molecule has 0 saturated heterocycles. The SMILES string of the molecule is [AlH3].[BH2][Ti][SiH3].[Zn]. The van der Waals surface area contributed by atoms with Crippen LogP contribution >= 0.6 is 0 Å². The first-order valence-corrected chi connectivity index (χ1v) is 8.25. The van der Waals surface area contributed by atoms with Crippen LogP contribution in [0, 0.1) is 0 Å². The summed E-state index contributed by atoms with van der Waals surface area (Å²) in [6.07, 6.45) is 0. The van der Waals surface area contributed by atoms with Crippen molar-refractivity contribution in [2.24, 2.45) is 0 Å². The quantitative estimate of drug-likeness (QED) is 0.349. The van der Waals surface area contributed by atoms with Gasteiger partial charge in [-0.25, -0.2) is 0 Å². The van der Waals surface area contributed by atoms with Gasteiger partial charge in [-0.3, -0.25) is 0 Å². The molecular formula is H8AlBSiTiZn. The van der Waals surface area contributed by atoms with Crippen molar-refractivity contribution < 1.29 is 37.7 Å². The van der Waals surface area contributed by atoms with E-state index in [1.165, 1.54) is 8.11 Å². The van der Waals surface area contributed by atoms with E-state index < -0.39 is 0 Å². The predicted molar refractivity (Wildman–Crippen MR) is 28.4 cm³/mol. The molecule has 0 saturated carbocycles. The van der Waals surface area contributed by atoms with Gasteiger partial charge in [0.2, 0.25) is 0 Å². The summed E-state index contributed by atoms with van der Waals surface area (Å²) >= 11 is 0.639. The molecule has 0 nitrogen and oxygen atoms in total. The van der Waals surface area contributed by atoms with E-state index in [0.29, 0.717) is 18.2 Å². The van der Waals surface area contributed by atoms with Crippen molar-refractivity contribution in [3.8, 4) is 0 Å². The van der Waals surface area contributed by atoms with Gasteiger partial charge in [0, 0.05) is 19.5 Å². The molecule has 0 unspecified atom stereocenters. The van der Waals surface area contributed by atoms with Crippen molar-refractivity contribution in [2.45, 2.75) is 0 Å². The van der Waals surface area contributed by atoms with Crippen LogP contribution in [-0.4, -0.2) is 31.5 Å². The Morgan fingerprint density at radius 1 is 1.60 bits per heavy atom. The van der Waals surface area contributed by atoms with E-state index in [4.69, 9.17) is 0 Å². The predicted octanol–water partition coefficient (Wildman–Crippen LogP) is -3.29. The van der Waals surface area contributed by atoms with Crippen molar-refractivity contribution in [2.75, 3.05) is 0 Å². The first-order valence-electron chi connectivity index (χ1n) is 1.00. The summed E-state index contributed by atoms with van der Waals surface area (Å²) in [6, 6.07) is 2.31. The third kappa shape index (κ3) is 22.9. The molecule has 0 aromatic rings. The molecule has 0 aliphatic rings. The van der Waals surface area contributed by atoms with E-state index in [2.05, 4.69) is 6.02 Å². The van der Waals surface area contributed by atoms with E-state index in [0.717, 1.165) is 0 Å². The summed E-state index contributed by atoms with van der Waals surface area (Å²) in [5.41, 5.74) is 0. The van der Waals surface area contributed by atoms with Crippen LogP contribution in [0.25, 0.3) is 0 Å². The molecule has 24 valence electrons. The van der Waals surface area contributed by atoms with Crippen LogP contribution in [0.4, 0.5) is 0 Å². The first-order chi connectivity index (χ1) is 1.41. The zero-order valence-electron chi connectivity index (χ0n) is 3.21. The zero-order chi connectivity index (χ0) is 2.71. The Morgan fingerprint density at radius 3 is 1.60 bits per heavy atom. The Bertz CT molecular complexity index is 11.6. The zero-order valence-corrected chi connectivity index (χ0v) is 9.74. The Labute approximate surface area is 68.5 Å². The summed E-state index contributed by atoms with van der Waals surface area (Å²) in [4.78, 5) is 0. The van der Waals surface area contributed by atoms with Crippen molar-refractivity contribution in [3.63, 3.8) is 0 Å². The third-order valence-corrected chi connectivity index (χ3v) is 0. The molecule has 0 aliphatic heterocycles. The molecule has 0 bridgehead atoms. The fraction of sp³-hybridized carbons (Fsp3) is 0. The van der Waals surface area contributed by atoms with Gasteiger partial charge in [-0.1, -0.05) is 0 Å². The maximum absolute atomic E-state index is 2.31. The van der Waals surface area contributed by atoms with E-state index >= 15 is 0 Å². The molecule has 0 N–H and O–H groups in total. The average molecular weight is 187 g/mol. The standard InChI is InChI=1S/Al.BH2.H3Si.Ti.Zn.3H/h;1H2;1H3;;;;;/q;+1;;-1;;;;. The van der Waals surface area contributed by atoms with E-state index in [1.807, 2.05) is 0 Å². The number of hydrogen-bond acceptors (Lipinski definition) is 0. The van der Waals surface area contributed by atoms with E-state index in [-0.39, 0.29) is 36.8 Å². The molecule has 0 aliphatic carbocycles. The Hall–Kier alpha value is 2.15. The van der Waals surface area contributed by atoms with Crippen molar-refractivity contribution in [1.29, 1.82) is 0 Å². The van der Waals surface area contributed by atoms with Gasteiger partial charge in [-0.2, -0.15) is 0 Å². The van der Waals surface area contributed by atoms with Gasteiger partial charge in [0.1, 0.15) is 0 Å². The van der Waals surface area contributed by atoms with Crippen molar-refractivity contribution in [1.82, 2.24) is 0 Å². The summed E-state index contributed by atoms with van der Waals surface area (Å²) in [7, 11) is 1.49. The number of rotatable bonds is 0. The van der Waals surface area contributed by atoms with E-state index in [9.17, 15) is 0 Å². The van der Waals surface area contributed by atoms with Gasteiger partial charge in [-0.15, -0.1) is 0 Å². The third-order valence-electron chi connectivity index (χ3n) is 0. The van der Waals surface area contributed by atoms with Gasteiger partial charge in [0.15, 0.2) is 17.4 Å². The maximum Gasteiger partial charge on any atom is 0 e. The summed E-state index contributed by atoms with van der Waals surface area (Å²) in [5, 5.41) is 0. The fourth-order valence-electron chi connectivity index (χ4n) is 0. The van der Waals surface area contributed by atoms with Crippen molar-refractivity contribution in [3.05, 3.63) is 0 Å². The van der Waals surface area contributed by atoms with Gasteiger partial charge in [-0.05, 0) is 0 Å². The molecule has 5 heavy (non-hydrogen) atoms. The molecule has 0 rings (SSSR count). The van der Waals surface area contributed by atoms with Gasteiger partial charge in [0.25, 0.3) is 0 Å². The van der Waals surface area contributed by atoms with Crippen LogP contribution < -0.4 is 0 Å². The summed E-state index contributed by atoms with van der Waals surface area (Å²) in [6.45, 7) is 0. The monoisotopic (exact) mass is 186 g/mol. The van der Waals surface area contributed by atoms with Crippen LogP contribution in [0.1, 0.15) is 0 Å². The molecule has 0 spiro atoms. The van der Waals surface area contributed by atoms with Crippen LogP contribution in [0.15, 0.2) is 0 Å². The number of hydrogen-bond donors (Lipinski definition) is 0. The second-order valence-electron chi connectivity index (χ2n) is 0.500. The van der Waals surface area contributed by atoms with Crippen LogP contribution in [0.3, 0.4) is 0 Å². The van der Waals surface area contributed by atoms with Gasteiger partial charge >= 0.3 is 32.3 Å². The molecule has 5 heteroatoms. The molecule has 0 fully saturated rings. The van der Waals surface area contributed by atoms with Crippen molar-refractivity contribution >= 4 is 31.5 Å². The summed E-state index contributed by atoms with van der Waals surface area (Å²) in [5.74, 6) is 0. The average Bonchev–Trinajstić information content (AvgIpc) is 0.918. The molecule has 0 aromatic carbocycles. The largest absolute Gasteiger partial charge is 0 e. The second kappa shape index (κ2) is 16.4. The Morgan fingerprint density at radius 2 is 1.60 bits per heavy atom. The molecule has 0 heterocycles. The van der Waals surface area contributed by atoms with Crippen LogP contribution in [0.2, 0.25) is 0 Å². The van der Waals surface area contributed by atoms with E-state index in [1.54, 1.807) is 0 Å². The minimum absolute atomic E-state index is 0. The molecule has 0 atom stereocenters. The normalized spacial score (nSPS) is 3.20. The van der Waals surface area contributed by atoms with Crippen LogP contribution in [0.5, 0.6) is 0 Å². The minimum atomic E-state index is 0. The molecular weight excluding hydrogens is 179 g/mol. The molecule has 0 radical (unpaired) electrons. The first kappa shape index (κ1) is 15.7. The summed E-state index contributed by atoms with van der Waals surface area (Å²) < 4.78 is 0. The minimum Gasteiger partial charge on any atom is 0 e. The Balaban J connectivity index is -0.0000000200. The van der Waals surface area contributed by atoms with Gasteiger partial charge < -0.3 is 0 Å².